The van der Waals surface area contributed by atoms with E-state index in [1.807, 2.05) is 18.2 Å². The Labute approximate surface area is 161 Å². The Balaban J connectivity index is 1.49. The molecule has 138 valence electrons. The number of hydrogen-bond donors (Lipinski definition) is 2. The number of benzene rings is 3. The summed E-state index contributed by atoms with van der Waals surface area (Å²) in [7, 11) is 0. The lowest BCUT2D eigenvalue weighted by Gasteiger charge is -2.29. The Morgan fingerprint density at radius 3 is 1.96 bits per heavy atom. The van der Waals surface area contributed by atoms with E-state index in [4.69, 9.17) is 0 Å². The van der Waals surface area contributed by atoms with Gasteiger partial charge in [0.15, 0.2) is 0 Å². The molecule has 3 aromatic rings. The molecule has 1 aliphatic heterocycles. The Morgan fingerprint density at radius 1 is 0.778 bits per heavy atom. The summed E-state index contributed by atoms with van der Waals surface area (Å²) in [6.07, 6.45) is 1.62. The van der Waals surface area contributed by atoms with Crippen molar-refractivity contribution in [1.82, 2.24) is 5.32 Å². The molecule has 3 aromatic carbocycles. The molecule has 0 bridgehead atoms. The lowest BCUT2D eigenvalue weighted by Crippen LogP contribution is -2.36. The highest BCUT2D eigenvalue weighted by Crippen LogP contribution is 2.35. The standard InChI is InChI=1S/C24H26N2O/c27-22(17-25-16-19-8-2-1-3-9-19)18-26-23-12-6-4-10-20(23)14-15-21-11-5-7-13-24(21)26/h1-13,22,25,27H,14-18H2. The molecule has 0 aliphatic carbocycles. The van der Waals surface area contributed by atoms with Crippen molar-refractivity contribution in [2.75, 3.05) is 18.0 Å². The molecule has 0 radical (unpaired) electrons. The van der Waals surface area contributed by atoms with Crippen molar-refractivity contribution in [3.05, 3.63) is 95.6 Å². The number of aliphatic hydroxyl groups excluding tert-OH is 1. The van der Waals surface area contributed by atoms with E-state index >= 15 is 0 Å². The second kappa shape index (κ2) is 8.38. The first-order chi connectivity index (χ1) is 13.3. The van der Waals surface area contributed by atoms with Crippen molar-refractivity contribution < 1.29 is 5.11 Å². The summed E-state index contributed by atoms with van der Waals surface area (Å²) in [6, 6.07) is 27.4. The zero-order valence-electron chi connectivity index (χ0n) is 15.5. The van der Waals surface area contributed by atoms with Crippen LogP contribution in [0.2, 0.25) is 0 Å². The first-order valence-electron chi connectivity index (χ1n) is 9.67. The first-order valence-corrected chi connectivity index (χ1v) is 9.67. The van der Waals surface area contributed by atoms with Gasteiger partial charge in [-0.25, -0.2) is 0 Å². The van der Waals surface area contributed by atoms with Crippen LogP contribution >= 0.6 is 0 Å². The zero-order valence-corrected chi connectivity index (χ0v) is 15.5. The summed E-state index contributed by atoms with van der Waals surface area (Å²) < 4.78 is 0. The SMILES string of the molecule is OC(CNCc1ccccc1)CN1c2ccccc2CCc2ccccc21. The molecule has 0 amide bonds. The molecule has 2 N–H and O–H groups in total. The molecule has 1 aliphatic rings. The lowest BCUT2D eigenvalue weighted by molar-refractivity contribution is 0.179. The van der Waals surface area contributed by atoms with Gasteiger partial charge in [-0.15, -0.1) is 0 Å². The van der Waals surface area contributed by atoms with Crippen LogP contribution in [-0.2, 0) is 19.4 Å². The molecule has 1 heterocycles. The predicted octanol–water partition coefficient (Wildman–Crippen LogP) is 4.07. The van der Waals surface area contributed by atoms with Crippen molar-refractivity contribution in [1.29, 1.82) is 0 Å². The molecule has 0 aromatic heterocycles. The fraction of sp³-hybridized carbons (Fsp3) is 0.250. The summed E-state index contributed by atoms with van der Waals surface area (Å²) in [5.41, 5.74) is 6.35. The number of aryl methyl sites for hydroxylation is 2. The van der Waals surface area contributed by atoms with Crippen molar-refractivity contribution in [3.8, 4) is 0 Å². The highest BCUT2D eigenvalue weighted by molar-refractivity contribution is 5.71. The molecular weight excluding hydrogens is 332 g/mol. The fourth-order valence-corrected chi connectivity index (χ4v) is 3.82. The smallest absolute Gasteiger partial charge is 0.0843 e. The topological polar surface area (TPSA) is 35.5 Å². The van der Waals surface area contributed by atoms with Crippen molar-refractivity contribution >= 4 is 11.4 Å². The molecular formula is C24H26N2O. The van der Waals surface area contributed by atoms with Gasteiger partial charge in [0, 0.05) is 24.5 Å². The Bertz CT molecular complexity index is 831. The Morgan fingerprint density at radius 2 is 1.33 bits per heavy atom. The van der Waals surface area contributed by atoms with Crippen molar-refractivity contribution in [3.63, 3.8) is 0 Å². The molecule has 0 saturated heterocycles. The molecule has 1 atom stereocenters. The van der Waals surface area contributed by atoms with Gasteiger partial charge in [0.1, 0.15) is 0 Å². The first kappa shape index (κ1) is 17.8. The van der Waals surface area contributed by atoms with Gasteiger partial charge in [-0.05, 0) is 41.7 Å². The minimum absolute atomic E-state index is 0.451. The van der Waals surface area contributed by atoms with Crippen molar-refractivity contribution in [2.24, 2.45) is 0 Å². The minimum Gasteiger partial charge on any atom is -0.390 e. The number of rotatable bonds is 6. The summed E-state index contributed by atoms with van der Waals surface area (Å²) in [6.45, 7) is 1.91. The summed E-state index contributed by atoms with van der Waals surface area (Å²) >= 11 is 0. The highest BCUT2D eigenvalue weighted by atomic mass is 16.3. The number of fused-ring (bicyclic) bond motifs is 2. The molecule has 4 rings (SSSR count). The van der Waals surface area contributed by atoms with Crippen LogP contribution in [0, 0.1) is 0 Å². The Hall–Kier alpha value is -2.62. The van der Waals surface area contributed by atoms with Gasteiger partial charge >= 0.3 is 0 Å². The lowest BCUT2D eigenvalue weighted by atomic mass is 10.0. The van der Waals surface area contributed by atoms with E-state index in [9.17, 15) is 5.11 Å². The van der Waals surface area contributed by atoms with Crippen molar-refractivity contribution in [2.45, 2.75) is 25.5 Å². The third kappa shape index (κ3) is 4.21. The van der Waals surface area contributed by atoms with Crippen LogP contribution in [0.25, 0.3) is 0 Å². The van der Waals surface area contributed by atoms with Gasteiger partial charge in [-0.3, -0.25) is 0 Å². The average Bonchev–Trinajstić information content (AvgIpc) is 2.87. The third-order valence-corrected chi connectivity index (χ3v) is 5.17. The number of hydrogen-bond acceptors (Lipinski definition) is 3. The van der Waals surface area contributed by atoms with E-state index in [-0.39, 0.29) is 0 Å². The number of anilines is 2. The maximum atomic E-state index is 10.7. The van der Waals surface area contributed by atoms with Crippen LogP contribution in [0.1, 0.15) is 16.7 Å². The van der Waals surface area contributed by atoms with Crippen LogP contribution in [-0.4, -0.2) is 24.3 Å². The number of β-amino-alcohol motifs (C(OH)–C–C–N with tert-alkyl or cyclic N) is 1. The molecule has 0 fully saturated rings. The molecule has 27 heavy (non-hydrogen) atoms. The van der Waals surface area contributed by atoms with Gasteiger partial charge in [-0.1, -0.05) is 66.7 Å². The summed E-state index contributed by atoms with van der Waals surface area (Å²) in [4.78, 5) is 2.28. The van der Waals surface area contributed by atoms with Crippen LogP contribution in [0.3, 0.4) is 0 Å². The monoisotopic (exact) mass is 358 g/mol. The van der Waals surface area contributed by atoms with Crippen LogP contribution in [0.5, 0.6) is 0 Å². The summed E-state index contributed by atoms with van der Waals surface area (Å²) in [5.74, 6) is 0. The van der Waals surface area contributed by atoms with Crippen LogP contribution in [0.4, 0.5) is 11.4 Å². The quantitative estimate of drug-likeness (QED) is 0.697. The molecule has 0 spiro atoms. The average molecular weight is 358 g/mol. The van der Waals surface area contributed by atoms with Gasteiger partial charge in [0.2, 0.25) is 0 Å². The number of nitrogens with one attached hydrogen (secondary N) is 1. The maximum absolute atomic E-state index is 10.7. The second-order valence-electron chi connectivity index (χ2n) is 7.14. The summed E-state index contributed by atoms with van der Waals surface area (Å²) in [5, 5.41) is 14.1. The predicted molar refractivity (Wildman–Crippen MR) is 111 cm³/mol. The van der Waals surface area contributed by atoms with Gasteiger partial charge in [0.05, 0.1) is 12.6 Å². The van der Waals surface area contributed by atoms with Gasteiger partial charge in [-0.2, -0.15) is 0 Å². The molecule has 3 nitrogen and oxygen atoms in total. The largest absolute Gasteiger partial charge is 0.390 e. The molecule has 3 heteroatoms. The van der Waals surface area contributed by atoms with E-state index in [2.05, 4.69) is 70.9 Å². The zero-order chi connectivity index (χ0) is 18.5. The normalized spacial score (nSPS) is 14.2. The van der Waals surface area contributed by atoms with Crippen LogP contribution in [0.15, 0.2) is 78.9 Å². The van der Waals surface area contributed by atoms with Gasteiger partial charge < -0.3 is 15.3 Å². The molecule has 1 unspecified atom stereocenters. The van der Waals surface area contributed by atoms with E-state index < -0.39 is 6.10 Å². The van der Waals surface area contributed by atoms with E-state index in [1.165, 1.54) is 28.1 Å². The Kier molecular flexibility index (Phi) is 5.52. The number of aliphatic hydroxyl groups is 1. The van der Waals surface area contributed by atoms with Crippen LogP contribution < -0.4 is 10.2 Å². The fourth-order valence-electron chi connectivity index (χ4n) is 3.82. The third-order valence-electron chi connectivity index (χ3n) is 5.17. The minimum atomic E-state index is -0.451. The highest BCUT2D eigenvalue weighted by Gasteiger charge is 2.22. The number of nitrogens with zero attached hydrogens (tertiary/aromatic N) is 1. The number of para-hydroxylation sites is 2. The van der Waals surface area contributed by atoms with E-state index in [1.54, 1.807) is 0 Å². The van der Waals surface area contributed by atoms with Gasteiger partial charge in [0.25, 0.3) is 0 Å². The maximum Gasteiger partial charge on any atom is 0.0843 e. The molecule has 0 saturated carbocycles. The van der Waals surface area contributed by atoms with E-state index in [0.717, 1.165) is 19.4 Å². The second-order valence-corrected chi connectivity index (χ2v) is 7.14. The van der Waals surface area contributed by atoms with E-state index in [0.29, 0.717) is 13.1 Å².